The topological polar surface area (TPSA) is 42.4 Å². The Morgan fingerprint density at radius 2 is 1.64 bits per heavy atom. The molecule has 5 heteroatoms. The van der Waals surface area contributed by atoms with Crippen LogP contribution in [-0.4, -0.2) is 9.38 Å². The van der Waals surface area contributed by atoms with Crippen LogP contribution in [0.4, 0.5) is 0 Å². The van der Waals surface area contributed by atoms with Gasteiger partial charge in [0.05, 0.1) is 22.6 Å². The third-order valence-electron chi connectivity index (χ3n) is 12.1. The van der Waals surface area contributed by atoms with Crippen molar-refractivity contribution in [2.45, 2.75) is 91.4 Å². The quantitative estimate of drug-likeness (QED) is 0.129. The molecular weight excluding hydrogens is 649 g/mol. The van der Waals surface area contributed by atoms with E-state index in [1.165, 1.54) is 51.9 Å². The lowest BCUT2D eigenvalue weighted by Gasteiger charge is -2.36. The van der Waals surface area contributed by atoms with Crippen LogP contribution in [0.2, 0.25) is 0 Å². The molecule has 1 aliphatic rings. The molecule has 53 heavy (non-hydrogen) atoms. The molecule has 1 aliphatic heterocycles. The van der Waals surface area contributed by atoms with Crippen LogP contribution in [0.15, 0.2) is 108 Å². The van der Waals surface area contributed by atoms with Crippen molar-refractivity contribution in [3.63, 3.8) is 0 Å². The van der Waals surface area contributed by atoms with Gasteiger partial charge in [-0.3, -0.25) is 4.98 Å². The first-order valence-electron chi connectivity index (χ1n) is 19.4. The van der Waals surface area contributed by atoms with Crippen LogP contribution in [0, 0.1) is 6.92 Å². The van der Waals surface area contributed by atoms with Crippen LogP contribution in [0.5, 0.6) is 0 Å². The maximum absolute atomic E-state index is 15.3. The molecular formula is C48H48N4O+2. The molecule has 0 N–H and O–H groups in total. The van der Waals surface area contributed by atoms with Crippen molar-refractivity contribution in [2.75, 3.05) is 0 Å². The highest BCUT2D eigenvalue weighted by molar-refractivity contribution is 6.08. The van der Waals surface area contributed by atoms with Gasteiger partial charge in [-0.25, -0.2) is 4.79 Å². The summed E-state index contributed by atoms with van der Waals surface area (Å²) in [6.45, 7) is 15.6. The number of nitrogens with zero attached hydrogens (tertiary/aromatic N) is 4. The molecule has 9 rings (SSSR count). The van der Waals surface area contributed by atoms with E-state index in [1.54, 1.807) is 0 Å². The number of aryl methyl sites for hydroxylation is 2. The summed E-state index contributed by atoms with van der Waals surface area (Å²) in [6, 6.07) is 31.3. The first-order valence-corrected chi connectivity index (χ1v) is 19.4. The second kappa shape index (κ2) is 12.1. The second-order valence-electron chi connectivity index (χ2n) is 16.2. The second-order valence-corrected chi connectivity index (χ2v) is 16.2. The van der Waals surface area contributed by atoms with Gasteiger partial charge in [0, 0.05) is 39.9 Å². The number of hydrogen-bond donors (Lipinski definition) is 0. The molecule has 0 atom stereocenters. The first-order chi connectivity index (χ1) is 25.6. The fourth-order valence-corrected chi connectivity index (χ4v) is 9.38. The van der Waals surface area contributed by atoms with Gasteiger partial charge in [-0.2, -0.15) is 8.97 Å². The van der Waals surface area contributed by atoms with Crippen LogP contribution in [-0.2, 0) is 17.3 Å². The zero-order valence-corrected chi connectivity index (χ0v) is 32.0. The third kappa shape index (κ3) is 4.75. The number of hydrogen-bond acceptors (Lipinski definition) is 2. The van der Waals surface area contributed by atoms with Gasteiger partial charge < -0.3 is 0 Å². The Balaban J connectivity index is 1.52. The van der Waals surface area contributed by atoms with Gasteiger partial charge in [0.25, 0.3) is 0 Å². The fraction of sp³-hybridized carbons (Fsp3) is 0.292. The molecule has 264 valence electrons. The van der Waals surface area contributed by atoms with Crippen LogP contribution < -0.4 is 19.9 Å². The van der Waals surface area contributed by atoms with E-state index in [2.05, 4.69) is 155 Å². The molecule has 0 saturated heterocycles. The molecule has 0 aliphatic carbocycles. The summed E-state index contributed by atoms with van der Waals surface area (Å²) in [4.78, 5) is 20.1. The predicted octanol–water partition coefficient (Wildman–Crippen LogP) is 9.19. The Morgan fingerprint density at radius 3 is 2.42 bits per heavy atom. The van der Waals surface area contributed by atoms with Crippen molar-refractivity contribution in [3.8, 4) is 22.4 Å². The van der Waals surface area contributed by atoms with E-state index in [0.29, 0.717) is 5.39 Å². The summed E-state index contributed by atoms with van der Waals surface area (Å²) < 4.78 is 6.75. The molecule has 0 fully saturated rings. The lowest BCUT2D eigenvalue weighted by Crippen LogP contribution is -2.61. The number of rotatable bonds is 6. The molecule has 3 aromatic carbocycles. The van der Waals surface area contributed by atoms with Crippen molar-refractivity contribution in [2.24, 2.45) is 0 Å². The van der Waals surface area contributed by atoms with E-state index in [0.717, 1.165) is 63.3 Å². The zero-order valence-electron chi connectivity index (χ0n) is 32.0. The van der Waals surface area contributed by atoms with Gasteiger partial charge in [-0.1, -0.05) is 103 Å². The average molecular weight is 697 g/mol. The molecule has 5 aromatic heterocycles. The largest absolute Gasteiger partial charge is 0.352 e. The van der Waals surface area contributed by atoms with Gasteiger partial charge in [0.15, 0.2) is 11.7 Å². The van der Waals surface area contributed by atoms with Gasteiger partial charge in [0.1, 0.15) is 5.39 Å². The van der Waals surface area contributed by atoms with Gasteiger partial charge >= 0.3 is 11.2 Å². The lowest BCUT2D eigenvalue weighted by atomic mass is 9.68. The number of pyridine rings is 3. The summed E-state index contributed by atoms with van der Waals surface area (Å²) in [6.07, 6.45) is 11.5. The minimum atomic E-state index is -0.373. The highest BCUT2D eigenvalue weighted by Gasteiger charge is 2.50. The first kappa shape index (κ1) is 33.4. The Bertz CT molecular complexity index is 2870. The Hall–Kier alpha value is -5.42. The zero-order chi connectivity index (χ0) is 36.8. The van der Waals surface area contributed by atoms with Crippen molar-refractivity contribution in [1.29, 1.82) is 0 Å². The highest BCUT2D eigenvalue weighted by Crippen LogP contribution is 2.47. The van der Waals surface area contributed by atoms with Crippen molar-refractivity contribution < 1.29 is 8.97 Å². The summed E-state index contributed by atoms with van der Waals surface area (Å²) in [5.74, 6) is 0. The monoisotopic (exact) mass is 696 g/mol. The maximum atomic E-state index is 15.3. The summed E-state index contributed by atoms with van der Waals surface area (Å²) >= 11 is 0. The van der Waals surface area contributed by atoms with Gasteiger partial charge in [0.2, 0.25) is 16.7 Å². The molecule has 0 radical (unpaired) electrons. The Morgan fingerprint density at radius 1 is 0.849 bits per heavy atom. The number of fused-ring (bicyclic) bond motifs is 5. The number of aromatic nitrogens is 4. The molecule has 0 amide bonds. The van der Waals surface area contributed by atoms with E-state index in [1.807, 2.05) is 10.6 Å². The molecule has 5 nitrogen and oxygen atoms in total. The molecule has 0 unspecified atom stereocenters. The standard InChI is InChI=1S/C48H48N4O/c1-8-11-16-31-17-14-19-33(26-31)34-25-30(4)42-35-20-12-13-22-38(35)48(9-2,10-3)44(51(42)29-34)43-36-21-15-18-32-23-24-50-39-27-40(47(5,6)7)49-28-37(39)46(53)52(43)45(50)41(32)36/h12-15,17-29H,8-11,16H2,1-7H3/q+2. The molecule has 0 bridgehead atoms. The smallest absolute Gasteiger partial charge is 0.259 e. The summed E-state index contributed by atoms with van der Waals surface area (Å²) in [5, 5.41) is 4.93. The van der Waals surface area contributed by atoms with E-state index in [4.69, 9.17) is 4.98 Å². The molecule has 6 heterocycles. The average Bonchev–Trinajstić information content (AvgIpc) is 3.51. The summed E-state index contributed by atoms with van der Waals surface area (Å²) in [5.41, 5.74) is 12.1. The number of benzene rings is 3. The fourth-order valence-electron chi connectivity index (χ4n) is 9.38. The predicted molar refractivity (Wildman–Crippen MR) is 217 cm³/mol. The Kier molecular flexibility index (Phi) is 7.60. The van der Waals surface area contributed by atoms with Crippen LogP contribution in [0.3, 0.4) is 0 Å². The van der Waals surface area contributed by atoms with Crippen LogP contribution in [0.1, 0.15) is 89.6 Å². The Labute approximate surface area is 311 Å². The van der Waals surface area contributed by atoms with Crippen molar-refractivity contribution >= 4 is 38.4 Å². The lowest BCUT2D eigenvalue weighted by molar-refractivity contribution is -0.596. The highest BCUT2D eigenvalue weighted by atomic mass is 16.1. The van der Waals surface area contributed by atoms with E-state index in [-0.39, 0.29) is 16.4 Å². The van der Waals surface area contributed by atoms with Crippen molar-refractivity contribution in [3.05, 3.63) is 142 Å². The normalized spacial score (nSPS) is 15.2. The third-order valence-corrected chi connectivity index (χ3v) is 12.1. The van der Waals surface area contributed by atoms with Crippen LogP contribution >= 0.6 is 0 Å². The van der Waals surface area contributed by atoms with Gasteiger partial charge in [-0.15, -0.1) is 4.40 Å². The maximum Gasteiger partial charge on any atom is 0.352 e. The SMILES string of the molecule is CCCCc1cccc(-c2cc(C)c3[n+](c2)C(=c2c4cccc5ccn6c7cc(C(C)(C)C)ncc7c(=O)[n+]2c6c54)C(CC)(CC)c2ccccc2-3)c1. The van der Waals surface area contributed by atoms with E-state index >= 15 is 4.79 Å². The van der Waals surface area contributed by atoms with E-state index in [9.17, 15) is 0 Å². The minimum absolute atomic E-state index is 0.0298. The molecule has 0 spiro atoms. The number of unbranched alkanes of at least 4 members (excludes halogenated alkanes) is 1. The molecule has 0 saturated carbocycles. The summed E-state index contributed by atoms with van der Waals surface area (Å²) in [7, 11) is 0. The van der Waals surface area contributed by atoms with Gasteiger partial charge in [-0.05, 0) is 78.9 Å². The minimum Gasteiger partial charge on any atom is -0.259 e. The van der Waals surface area contributed by atoms with E-state index < -0.39 is 0 Å². The van der Waals surface area contributed by atoms with Crippen molar-refractivity contribution in [1.82, 2.24) is 9.38 Å². The van der Waals surface area contributed by atoms with Crippen LogP contribution in [0.25, 0.3) is 60.8 Å². The molecule has 8 aromatic rings.